The normalized spacial score (nSPS) is 38.5. The van der Waals surface area contributed by atoms with Crippen LogP contribution in [0.4, 0.5) is 4.79 Å². The van der Waals surface area contributed by atoms with Crippen LogP contribution in [-0.4, -0.2) is 115 Å². The number of aliphatic hydroxyl groups excluding tert-OH is 1. The van der Waals surface area contributed by atoms with Gasteiger partial charge in [-0.05, 0) is 91.6 Å². The van der Waals surface area contributed by atoms with Crippen molar-refractivity contribution in [1.82, 2.24) is 15.3 Å². The summed E-state index contributed by atoms with van der Waals surface area (Å²) >= 11 is 6.05. The van der Waals surface area contributed by atoms with Crippen molar-refractivity contribution < 1.29 is 43.2 Å². The van der Waals surface area contributed by atoms with Gasteiger partial charge < -0.3 is 33.7 Å². The second-order valence-corrected chi connectivity index (χ2v) is 16.4. The molecule has 3 heterocycles. The highest BCUT2D eigenvalue weighted by Crippen LogP contribution is 2.42. The van der Waals surface area contributed by atoms with E-state index in [9.17, 15) is 19.5 Å². The first-order valence-corrected chi connectivity index (χ1v) is 19.4. The standard InChI is InChI=1S/C40H62ClN3O9/c1-12-31-40(8)34(44(38(48)53-40)42-19-13-14-28-15-17-29(41)18-16-28)27(6)32(45)25(4)22-39(7,49-11)35(23(2)20-24(3)36(47)51-31)52-37-33(46)30(43(9)10)21-26(5)50-37/h15-18,20,23,25-27,30-31,33-35,37,42,46H,12-14,19,21-22H2,1-11H3/b24-20+/t23-,25+,26+,27-,30-,31+,33+,34+,35+,37-,39+,40+/m0/s1. The highest BCUT2D eigenvalue weighted by molar-refractivity contribution is 6.30. The van der Waals surface area contributed by atoms with Crippen molar-refractivity contribution in [2.45, 2.75) is 141 Å². The van der Waals surface area contributed by atoms with Crippen LogP contribution in [0.15, 0.2) is 35.9 Å². The van der Waals surface area contributed by atoms with Gasteiger partial charge in [0.15, 0.2) is 11.9 Å². The van der Waals surface area contributed by atoms with Crippen LogP contribution in [0.5, 0.6) is 0 Å². The van der Waals surface area contributed by atoms with Crippen LogP contribution < -0.4 is 5.43 Å². The molecule has 12 nitrogen and oxygen atoms in total. The Hall–Kier alpha value is -2.58. The predicted molar refractivity (Wildman–Crippen MR) is 202 cm³/mol. The number of Topliss-reactive ketones (excluding diaryl/α,β-unsaturated/α-hetero) is 1. The second kappa shape index (κ2) is 17.9. The first-order valence-electron chi connectivity index (χ1n) is 19.0. The molecule has 0 radical (unpaired) electrons. The van der Waals surface area contributed by atoms with E-state index in [-0.39, 0.29) is 24.3 Å². The van der Waals surface area contributed by atoms with E-state index in [0.29, 0.717) is 36.4 Å². The van der Waals surface area contributed by atoms with E-state index < -0.39 is 71.7 Å². The summed E-state index contributed by atoms with van der Waals surface area (Å²) in [5.41, 5.74) is 2.27. The maximum atomic E-state index is 14.6. The monoisotopic (exact) mass is 763 g/mol. The molecule has 0 aromatic heterocycles. The number of hydrogen-bond acceptors (Lipinski definition) is 11. The zero-order valence-electron chi connectivity index (χ0n) is 33.4. The van der Waals surface area contributed by atoms with Gasteiger partial charge in [0.2, 0.25) is 0 Å². The Morgan fingerprint density at radius 3 is 2.36 bits per heavy atom. The topological polar surface area (TPSA) is 136 Å². The van der Waals surface area contributed by atoms with E-state index in [1.54, 1.807) is 34.0 Å². The van der Waals surface area contributed by atoms with Crippen molar-refractivity contribution in [2.24, 2.45) is 17.8 Å². The molecule has 4 rings (SSSR count). The third-order valence-corrected chi connectivity index (χ3v) is 11.8. The number of likely N-dealkylation sites (N-methyl/N-ethyl adjacent to an activating group) is 1. The number of cyclic esters (lactones) is 1. The van der Waals surface area contributed by atoms with Gasteiger partial charge in [0, 0.05) is 48.0 Å². The molecule has 3 aliphatic heterocycles. The molecule has 2 fully saturated rings. The zero-order chi connectivity index (χ0) is 39.4. The lowest BCUT2D eigenvalue weighted by atomic mass is 9.74. The van der Waals surface area contributed by atoms with Crippen LogP contribution in [0.3, 0.4) is 0 Å². The maximum absolute atomic E-state index is 14.6. The molecule has 12 atom stereocenters. The number of carbonyl (C=O) groups is 3. The average molecular weight is 764 g/mol. The molecule has 13 heteroatoms. The Labute approximate surface area is 320 Å². The molecule has 0 aliphatic carbocycles. The summed E-state index contributed by atoms with van der Waals surface area (Å²) in [7, 11) is 5.39. The number of carbonyl (C=O) groups excluding carboxylic acids is 3. The fourth-order valence-corrected chi connectivity index (χ4v) is 8.71. The number of fused-ring (bicyclic) bond motifs is 1. The van der Waals surface area contributed by atoms with E-state index in [0.717, 1.165) is 12.0 Å². The number of methoxy groups -OCH3 is 1. The molecule has 0 bridgehead atoms. The number of esters is 1. The van der Waals surface area contributed by atoms with Crippen LogP contribution in [0, 0.1) is 17.8 Å². The zero-order valence-corrected chi connectivity index (χ0v) is 34.1. The predicted octanol–water partition coefficient (Wildman–Crippen LogP) is 5.72. The average Bonchev–Trinajstić information content (AvgIpc) is 3.37. The lowest BCUT2D eigenvalue weighted by Crippen LogP contribution is -2.60. The van der Waals surface area contributed by atoms with E-state index in [1.165, 1.54) is 5.01 Å². The number of halogens is 1. The van der Waals surface area contributed by atoms with Crippen molar-refractivity contribution in [2.75, 3.05) is 27.7 Å². The number of hydrogen-bond donors (Lipinski definition) is 2. The van der Waals surface area contributed by atoms with Crippen LogP contribution in [0.1, 0.15) is 86.6 Å². The second-order valence-electron chi connectivity index (χ2n) is 16.0. The van der Waals surface area contributed by atoms with E-state index in [4.69, 9.17) is 35.3 Å². The Morgan fingerprint density at radius 2 is 1.75 bits per heavy atom. The van der Waals surface area contributed by atoms with E-state index >= 15 is 0 Å². The number of aryl methyl sites for hydroxylation is 1. The number of amides is 1. The first kappa shape index (κ1) is 43.2. The third-order valence-electron chi connectivity index (χ3n) is 11.5. The van der Waals surface area contributed by atoms with Crippen LogP contribution in [0.2, 0.25) is 5.02 Å². The molecule has 0 unspecified atom stereocenters. The minimum atomic E-state index is -1.35. The molecular formula is C40H62ClN3O9. The number of nitrogens with zero attached hydrogens (tertiary/aromatic N) is 2. The van der Waals surface area contributed by atoms with Gasteiger partial charge in [0.05, 0.1) is 17.8 Å². The van der Waals surface area contributed by atoms with Crippen LogP contribution in [-0.2, 0) is 39.7 Å². The quantitative estimate of drug-likeness (QED) is 0.224. The summed E-state index contributed by atoms with van der Waals surface area (Å²) in [6.07, 6.45) is 0.0665. The van der Waals surface area contributed by atoms with Crippen LogP contribution in [0.25, 0.3) is 0 Å². The highest BCUT2D eigenvalue weighted by atomic mass is 35.5. The van der Waals surface area contributed by atoms with Gasteiger partial charge in [-0.2, -0.15) is 0 Å². The smallest absolute Gasteiger partial charge is 0.425 e. The maximum Gasteiger partial charge on any atom is 0.425 e. The van der Waals surface area contributed by atoms with E-state index in [1.807, 2.05) is 77.9 Å². The number of benzene rings is 1. The van der Waals surface area contributed by atoms with Crippen molar-refractivity contribution in [3.63, 3.8) is 0 Å². The summed E-state index contributed by atoms with van der Waals surface area (Å²) in [6.45, 7) is 15.1. The lowest BCUT2D eigenvalue weighted by Gasteiger charge is -2.46. The molecule has 1 aromatic carbocycles. The fourth-order valence-electron chi connectivity index (χ4n) is 8.58. The molecule has 53 heavy (non-hydrogen) atoms. The van der Waals surface area contributed by atoms with Crippen LogP contribution >= 0.6 is 11.6 Å². The Kier molecular flexibility index (Phi) is 14.6. The number of ketones is 1. The van der Waals surface area contributed by atoms with Gasteiger partial charge in [0.25, 0.3) is 0 Å². The molecule has 2 saturated heterocycles. The summed E-state index contributed by atoms with van der Waals surface area (Å²) in [5.74, 6) is -2.42. The van der Waals surface area contributed by atoms with Crippen molar-refractivity contribution >= 4 is 29.4 Å². The largest absolute Gasteiger partial charge is 0.455 e. The molecule has 0 spiro atoms. The number of aliphatic hydroxyl groups is 1. The summed E-state index contributed by atoms with van der Waals surface area (Å²) in [4.78, 5) is 44.0. The van der Waals surface area contributed by atoms with Crippen molar-refractivity contribution in [3.05, 3.63) is 46.5 Å². The lowest BCUT2D eigenvalue weighted by molar-refractivity contribution is -0.294. The van der Waals surface area contributed by atoms with E-state index in [2.05, 4.69) is 5.43 Å². The molecule has 1 aromatic rings. The molecule has 2 N–H and O–H groups in total. The molecule has 0 saturated carbocycles. The van der Waals surface area contributed by atoms with Crippen molar-refractivity contribution in [1.29, 1.82) is 0 Å². The summed E-state index contributed by atoms with van der Waals surface area (Å²) < 4.78 is 31.3. The Bertz CT molecular complexity index is 1460. The number of ether oxygens (including phenoxy) is 5. The third kappa shape index (κ3) is 9.63. The van der Waals surface area contributed by atoms with Gasteiger partial charge in [-0.1, -0.05) is 57.5 Å². The molecule has 1 amide bonds. The number of nitrogens with one attached hydrogen (secondary N) is 1. The van der Waals surface area contributed by atoms with Gasteiger partial charge in [0.1, 0.15) is 24.0 Å². The SMILES string of the molecule is CC[C@H]1OC(=O)/C(C)=C/[C@H](C)[C@@H](O[C@@H]2O[C@H](C)C[C@H](N(C)C)[C@H]2O)[C@](C)(OC)C[C@@H](C)C(=O)[C@H](C)[C@H]2N(NCCCc3ccc(Cl)cc3)C(=O)O[C@]12C. The van der Waals surface area contributed by atoms with Gasteiger partial charge in [-0.3, -0.25) is 4.79 Å². The van der Waals surface area contributed by atoms with Gasteiger partial charge in [-0.15, -0.1) is 0 Å². The number of hydrazine groups is 1. The highest BCUT2D eigenvalue weighted by Gasteiger charge is 2.60. The summed E-state index contributed by atoms with van der Waals surface area (Å²) in [5, 5.41) is 13.5. The number of rotatable bonds is 10. The van der Waals surface area contributed by atoms with Gasteiger partial charge in [-0.25, -0.2) is 20.0 Å². The minimum absolute atomic E-state index is 0.109. The fraction of sp³-hybridized carbons (Fsp3) is 0.725. The first-order chi connectivity index (χ1) is 24.9. The summed E-state index contributed by atoms with van der Waals surface area (Å²) in [6, 6.07) is 6.62. The van der Waals surface area contributed by atoms with Gasteiger partial charge >= 0.3 is 12.1 Å². The Morgan fingerprint density at radius 1 is 1.09 bits per heavy atom. The molecule has 3 aliphatic rings. The Balaban J connectivity index is 1.69. The molecular weight excluding hydrogens is 702 g/mol. The molecule has 298 valence electrons. The van der Waals surface area contributed by atoms with Crippen molar-refractivity contribution in [3.8, 4) is 0 Å². The minimum Gasteiger partial charge on any atom is -0.455 e.